The zero-order valence-electron chi connectivity index (χ0n) is 17.0. The quantitative estimate of drug-likeness (QED) is 0.342. The highest BCUT2D eigenvalue weighted by molar-refractivity contribution is 6.35. The van der Waals surface area contributed by atoms with E-state index in [1.807, 2.05) is 12.1 Å². The molecule has 166 valence electrons. The number of carboxylic acids is 1. The van der Waals surface area contributed by atoms with Crippen LogP contribution in [0.15, 0.2) is 60.8 Å². The van der Waals surface area contributed by atoms with Gasteiger partial charge in [-0.05, 0) is 49.4 Å². The number of amides is 1. The summed E-state index contributed by atoms with van der Waals surface area (Å²) in [5, 5.41) is 17.7. The molecule has 0 unspecified atom stereocenters. The highest BCUT2D eigenvalue weighted by atomic mass is 35.5. The van der Waals surface area contributed by atoms with Crippen molar-refractivity contribution in [1.29, 1.82) is 0 Å². The van der Waals surface area contributed by atoms with Crippen LogP contribution >= 0.6 is 34.8 Å². The molecule has 0 aliphatic rings. The first-order chi connectivity index (χ1) is 15.7. The molecular formula is C23H15Cl3N4O3. The summed E-state index contributed by atoms with van der Waals surface area (Å²) in [6.07, 6.45) is 1.30. The number of rotatable bonds is 5. The number of aromatic carboxylic acids is 1. The SMILES string of the molecule is Cc1c(C(=O)Nc2ccnc(C(=O)O)c2)nn(-c2ccc(Cl)cc2Cl)c1-c1ccc(Cl)cc1. The number of nitrogens with one attached hydrogen (secondary N) is 1. The van der Waals surface area contributed by atoms with Crippen molar-refractivity contribution in [2.24, 2.45) is 0 Å². The Morgan fingerprint density at radius 3 is 2.33 bits per heavy atom. The summed E-state index contributed by atoms with van der Waals surface area (Å²) in [5.74, 6) is -1.72. The first-order valence-electron chi connectivity index (χ1n) is 9.56. The number of benzene rings is 2. The van der Waals surface area contributed by atoms with Gasteiger partial charge in [-0.25, -0.2) is 14.5 Å². The number of hydrogen-bond acceptors (Lipinski definition) is 4. The van der Waals surface area contributed by atoms with Gasteiger partial charge in [0.1, 0.15) is 5.69 Å². The van der Waals surface area contributed by atoms with E-state index in [1.54, 1.807) is 41.9 Å². The van der Waals surface area contributed by atoms with Crippen LogP contribution in [0.25, 0.3) is 16.9 Å². The van der Waals surface area contributed by atoms with Crippen LogP contribution in [-0.2, 0) is 0 Å². The smallest absolute Gasteiger partial charge is 0.354 e. The molecule has 33 heavy (non-hydrogen) atoms. The minimum Gasteiger partial charge on any atom is -0.477 e. The average molecular weight is 502 g/mol. The normalized spacial score (nSPS) is 10.8. The third kappa shape index (κ3) is 4.71. The summed E-state index contributed by atoms with van der Waals surface area (Å²) in [4.78, 5) is 28.0. The lowest BCUT2D eigenvalue weighted by molar-refractivity contribution is 0.0690. The molecule has 0 saturated heterocycles. The van der Waals surface area contributed by atoms with Crippen molar-refractivity contribution in [3.63, 3.8) is 0 Å². The van der Waals surface area contributed by atoms with Gasteiger partial charge in [-0.2, -0.15) is 5.10 Å². The van der Waals surface area contributed by atoms with Crippen molar-refractivity contribution in [2.75, 3.05) is 5.32 Å². The highest BCUT2D eigenvalue weighted by Crippen LogP contribution is 2.33. The Kier molecular flexibility index (Phi) is 6.37. The third-order valence-electron chi connectivity index (χ3n) is 4.83. The van der Waals surface area contributed by atoms with Gasteiger partial charge in [0.15, 0.2) is 5.69 Å². The maximum Gasteiger partial charge on any atom is 0.354 e. The summed E-state index contributed by atoms with van der Waals surface area (Å²) < 4.78 is 1.57. The van der Waals surface area contributed by atoms with Crippen LogP contribution in [-0.4, -0.2) is 31.7 Å². The van der Waals surface area contributed by atoms with E-state index in [-0.39, 0.29) is 17.1 Å². The van der Waals surface area contributed by atoms with Crippen molar-refractivity contribution < 1.29 is 14.7 Å². The average Bonchev–Trinajstić information content (AvgIpc) is 3.11. The number of halogens is 3. The molecule has 1 amide bonds. The van der Waals surface area contributed by atoms with Crippen LogP contribution in [0.5, 0.6) is 0 Å². The minimum atomic E-state index is -1.20. The largest absolute Gasteiger partial charge is 0.477 e. The van der Waals surface area contributed by atoms with Crippen molar-refractivity contribution in [3.05, 3.63) is 92.8 Å². The monoisotopic (exact) mass is 500 g/mol. The van der Waals surface area contributed by atoms with Crippen LogP contribution < -0.4 is 5.32 Å². The molecule has 0 saturated carbocycles. The van der Waals surface area contributed by atoms with Gasteiger partial charge in [-0.1, -0.05) is 46.9 Å². The van der Waals surface area contributed by atoms with Gasteiger partial charge in [0.05, 0.1) is 16.4 Å². The number of nitrogens with zero attached hydrogens (tertiary/aromatic N) is 3. The molecule has 0 fully saturated rings. The van der Waals surface area contributed by atoms with Gasteiger partial charge in [0.25, 0.3) is 5.91 Å². The molecule has 2 heterocycles. The molecule has 2 N–H and O–H groups in total. The van der Waals surface area contributed by atoms with E-state index in [0.29, 0.717) is 32.0 Å². The summed E-state index contributed by atoms with van der Waals surface area (Å²) in [7, 11) is 0. The lowest BCUT2D eigenvalue weighted by Gasteiger charge is -2.11. The molecule has 2 aromatic carbocycles. The predicted molar refractivity (Wildman–Crippen MR) is 128 cm³/mol. The van der Waals surface area contributed by atoms with Gasteiger partial charge >= 0.3 is 5.97 Å². The Balaban J connectivity index is 1.82. The van der Waals surface area contributed by atoms with Crippen LogP contribution in [0.1, 0.15) is 26.5 Å². The van der Waals surface area contributed by atoms with Crippen molar-refractivity contribution in [3.8, 4) is 16.9 Å². The molecule has 0 aliphatic heterocycles. The Morgan fingerprint density at radius 1 is 0.970 bits per heavy atom. The number of aromatic nitrogens is 3. The highest BCUT2D eigenvalue weighted by Gasteiger charge is 2.23. The molecular weight excluding hydrogens is 487 g/mol. The summed E-state index contributed by atoms with van der Waals surface area (Å²) >= 11 is 18.5. The molecule has 0 radical (unpaired) electrons. The van der Waals surface area contributed by atoms with Crippen molar-refractivity contribution in [2.45, 2.75) is 6.92 Å². The molecule has 4 rings (SSSR count). The first kappa shape index (κ1) is 22.8. The predicted octanol–water partition coefficient (Wildman–Crippen LogP) is 6.15. The Labute approximate surface area is 203 Å². The number of hydrogen-bond donors (Lipinski definition) is 2. The summed E-state index contributed by atoms with van der Waals surface area (Å²) in [5.41, 5.74) is 2.76. The fraction of sp³-hybridized carbons (Fsp3) is 0.0435. The Bertz CT molecular complexity index is 1380. The molecule has 0 bridgehead atoms. The van der Waals surface area contributed by atoms with E-state index in [9.17, 15) is 9.59 Å². The molecule has 0 spiro atoms. The first-order valence-corrected chi connectivity index (χ1v) is 10.7. The number of carboxylic acid groups (broad SMARTS) is 1. The second-order valence-electron chi connectivity index (χ2n) is 7.03. The van der Waals surface area contributed by atoms with Crippen LogP contribution in [0.2, 0.25) is 15.1 Å². The van der Waals surface area contributed by atoms with E-state index >= 15 is 0 Å². The number of pyridine rings is 1. The molecule has 0 aliphatic carbocycles. The van der Waals surface area contributed by atoms with Crippen LogP contribution in [0.4, 0.5) is 5.69 Å². The molecule has 2 aromatic heterocycles. The van der Waals surface area contributed by atoms with E-state index in [1.165, 1.54) is 18.3 Å². The van der Waals surface area contributed by atoms with Gasteiger partial charge in [-0.3, -0.25) is 4.79 Å². The van der Waals surface area contributed by atoms with Gasteiger partial charge in [0.2, 0.25) is 0 Å². The second kappa shape index (κ2) is 9.23. The number of carbonyl (C=O) groups excluding carboxylic acids is 1. The molecule has 0 atom stereocenters. The van der Waals surface area contributed by atoms with Crippen LogP contribution in [0, 0.1) is 6.92 Å². The van der Waals surface area contributed by atoms with E-state index in [0.717, 1.165) is 5.56 Å². The van der Waals surface area contributed by atoms with Gasteiger partial charge in [-0.15, -0.1) is 0 Å². The van der Waals surface area contributed by atoms with Crippen molar-refractivity contribution in [1.82, 2.24) is 14.8 Å². The minimum absolute atomic E-state index is 0.139. The number of anilines is 1. The van der Waals surface area contributed by atoms with E-state index in [2.05, 4.69) is 15.4 Å². The summed E-state index contributed by atoms with van der Waals surface area (Å²) in [6.45, 7) is 1.77. The summed E-state index contributed by atoms with van der Waals surface area (Å²) in [6, 6.07) is 14.8. The van der Waals surface area contributed by atoms with Crippen molar-refractivity contribution >= 4 is 52.4 Å². The lowest BCUT2D eigenvalue weighted by atomic mass is 10.1. The molecule has 7 nitrogen and oxygen atoms in total. The second-order valence-corrected chi connectivity index (χ2v) is 8.31. The van der Waals surface area contributed by atoms with Gasteiger partial charge < -0.3 is 10.4 Å². The van der Waals surface area contributed by atoms with E-state index < -0.39 is 11.9 Å². The fourth-order valence-electron chi connectivity index (χ4n) is 3.30. The van der Waals surface area contributed by atoms with Gasteiger partial charge in [0, 0.05) is 33.1 Å². The Morgan fingerprint density at radius 2 is 1.67 bits per heavy atom. The zero-order chi connectivity index (χ0) is 23.7. The lowest BCUT2D eigenvalue weighted by Crippen LogP contribution is -2.15. The topological polar surface area (TPSA) is 97.1 Å². The Hall–Kier alpha value is -3.39. The van der Waals surface area contributed by atoms with E-state index in [4.69, 9.17) is 39.9 Å². The zero-order valence-corrected chi connectivity index (χ0v) is 19.3. The maximum atomic E-state index is 13.1. The third-order valence-corrected chi connectivity index (χ3v) is 5.62. The maximum absolute atomic E-state index is 13.1. The van der Waals surface area contributed by atoms with Crippen LogP contribution in [0.3, 0.4) is 0 Å². The molecule has 10 heteroatoms. The molecule has 4 aromatic rings. The standard InChI is InChI=1S/C23H15Cl3N4O3/c1-12-20(22(31)28-16-8-9-27-18(11-16)23(32)33)29-30(19-7-6-15(25)10-17(19)26)21(12)13-2-4-14(24)5-3-13/h2-11H,1H3,(H,32,33)(H,27,28,31). The fourth-order valence-corrected chi connectivity index (χ4v) is 3.92. The number of carbonyl (C=O) groups is 2.